The van der Waals surface area contributed by atoms with Crippen LogP contribution in [0.25, 0.3) is 0 Å². The van der Waals surface area contributed by atoms with Crippen molar-refractivity contribution in [2.75, 3.05) is 19.8 Å². The van der Waals surface area contributed by atoms with E-state index in [4.69, 9.17) is 13.8 Å². The monoisotopic (exact) mass is 784 g/mol. The number of carboxylic acid groups (broad SMARTS) is 1. The fourth-order valence-corrected chi connectivity index (χ4v) is 6.13. The fourth-order valence-electron chi connectivity index (χ4n) is 5.36. The van der Waals surface area contributed by atoms with Crippen LogP contribution in [-0.2, 0) is 32.7 Å². The first kappa shape index (κ1) is 51.4. The zero-order valence-corrected chi connectivity index (χ0v) is 34.4. The molecule has 54 heavy (non-hydrogen) atoms. The molecule has 0 fully saturated rings. The molecule has 0 radical (unpaired) electrons. The van der Waals surface area contributed by atoms with Crippen LogP contribution < -0.4 is 5.32 Å². The van der Waals surface area contributed by atoms with Gasteiger partial charge in [-0.2, -0.15) is 0 Å². The Balaban J connectivity index is 3.98. The number of unbranched alkanes of at least 4 members (excludes halogenated alkanes) is 16. The van der Waals surface area contributed by atoms with E-state index in [2.05, 4.69) is 67.8 Å². The molecule has 0 aliphatic carbocycles. The first-order chi connectivity index (χ1) is 26.1. The topological polar surface area (TPSA) is 169 Å². The van der Waals surface area contributed by atoms with E-state index in [9.17, 15) is 34.1 Å². The van der Waals surface area contributed by atoms with Gasteiger partial charge in [-0.15, -0.1) is 0 Å². The molecule has 0 spiro atoms. The van der Waals surface area contributed by atoms with Crippen LogP contribution in [0.2, 0.25) is 0 Å². The smallest absolute Gasteiger partial charge is 0.472 e. The van der Waals surface area contributed by atoms with Crippen LogP contribution in [-0.4, -0.2) is 64.9 Å². The molecule has 0 aliphatic rings. The number of aliphatic hydroxyl groups is 1. The van der Waals surface area contributed by atoms with Crippen LogP contribution in [0.15, 0.2) is 48.6 Å². The van der Waals surface area contributed by atoms with E-state index in [0.29, 0.717) is 12.8 Å². The Morgan fingerprint density at radius 1 is 0.593 bits per heavy atom. The fraction of sp³-hybridized carbons (Fsp3) is 0.738. The van der Waals surface area contributed by atoms with E-state index >= 15 is 0 Å². The van der Waals surface area contributed by atoms with E-state index in [1.54, 1.807) is 0 Å². The molecule has 1 amide bonds. The molecule has 0 aromatic carbocycles. The second-order valence-corrected chi connectivity index (χ2v) is 15.3. The second kappa shape index (κ2) is 37.4. The van der Waals surface area contributed by atoms with Crippen LogP contribution in [0.4, 0.5) is 0 Å². The number of hydrogen-bond acceptors (Lipinski definition) is 8. The average Bonchev–Trinajstić information content (AvgIpc) is 3.14. The Kier molecular flexibility index (Phi) is 35.6. The second-order valence-electron chi connectivity index (χ2n) is 13.8. The number of ether oxygens (including phenoxy) is 1. The highest BCUT2D eigenvalue weighted by atomic mass is 31.2. The van der Waals surface area contributed by atoms with Crippen LogP contribution in [0.5, 0.6) is 0 Å². The number of aliphatic hydroxyl groups excluding tert-OH is 1. The summed E-state index contributed by atoms with van der Waals surface area (Å²) in [7, 11) is -4.76. The summed E-state index contributed by atoms with van der Waals surface area (Å²) in [5.41, 5.74) is 0. The van der Waals surface area contributed by atoms with Crippen LogP contribution in [0.1, 0.15) is 168 Å². The average molecular weight is 784 g/mol. The SMILES string of the molecule is CCCCC/C=C\C/C=C\C/C=C\C/C=C\CCCCCCCC(=O)NC(COP(=O)(O)OCC(O)COC(=O)CCCCCCCCCCC)C(=O)O. The number of amides is 1. The summed E-state index contributed by atoms with van der Waals surface area (Å²) in [6.07, 6.45) is 40.0. The number of esters is 1. The molecule has 312 valence electrons. The van der Waals surface area contributed by atoms with Crippen LogP contribution >= 0.6 is 7.82 Å². The lowest BCUT2D eigenvalue weighted by Gasteiger charge is -2.18. The molecule has 3 unspecified atom stereocenters. The quantitative estimate of drug-likeness (QED) is 0.0205. The van der Waals surface area contributed by atoms with Crippen molar-refractivity contribution >= 4 is 25.7 Å². The summed E-state index contributed by atoms with van der Waals surface area (Å²) < 4.78 is 26.7. The maximum absolute atomic E-state index is 12.3. The van der Waals surface area contributed by atoms with E-state index in [-0.39, 0.29) is 12.8 Å². The summed E-state index contributed by atoms with van der Waals surface area (Å²) in [6, 6.07) is -1.56. The minimum absolute atomic E-state index is 0.123. The largest absolute Gasteiger partial charge is 0.480 e. The molecule has 0 aromatic heterocycles. The molecule has 0 rings (SSSR count). The molecule has 4 N–H and O–H groups in total. The third-order valence-corrected chi connectivity index (χ3v) is 9.57. The van der Waals surface area contributed by atoms with Crippen molar-refractivity contribution in [2.24, 2.45) is 0 Å². The minimum atomic E-state index is -4.76. The maximum atomic E-state index is 12.3. The van der Waals surface area contributed by atoms with E-state index in [0.717, 1.165) is 70.6 Å². The number of carbonyl (C=O) groups is 3. The lowest BCUT2D eigenvalue weighted by atomic mass is 10.1. The van der Waals surface area contributed by atoms with Gasteiger partial charge in [0.25, 0.3) is 0 Å². The number of nitrogens with one attached hydrogen (secondary N) is 1. The van der Waals surface area contributed by atoms with Gasteiger partial charge in [-0.05, 0) is 57.8 Å². The van der Waals surface area contributed by atoms with Crippen molar-refractivity contribution in [3.05, 3.63) is 48.6 Å². The van der Waals surface area contributed by atoms with Crippen molar-refractivity contribution < 1.29 is 47.8 Å². The molecule has 0 bridgehead atoms. The minimum Gasteiger partial charge on any atom is -0.480 e. The molecule has 11 nitrogen and oxygen atoms in total. The van der Waals surface area contributed by atoms with Gasteiger partial charge in [0.05, 0.1) is 13.2 Å². The first-order valence-electron chi connectivity index (χ1n) is 20.7. The van der Waals surface area contributed by atoms with Crippen LogP contribution in [0, 0.1) is 0 Å². The number of rotatable bonds is 38. The highest BCUT2D eigenvalue weighted by Gasteiger charge is 2.28. The highest BCUT2D eigenvalue weighted by Crippen LogP contribution is 2.43. The molecule has 12 heteroatoms. The molecular weight excluding hydrogens is 709 g/mol. The lowest BCUT2D eigenvalue weighted by Crippen LogP contribution is -2.43. The zero-order valence-electron chi connectivity index (χ0n) is 33.5. The number of carbonyl (C=O) groups excluding carboxylic acids is 2. The maximum Gasteiger partial charge on any atom is 0.472 e. The summed E-state index contributed by atoms with van der Waals surface area (Å²) in [6.45, 7) is 2.51. The highest BCUT2D eigenvalue weighted by molar-refractivity contribution is 7.47. The molecule has 0 aliphatic heterocycles. The van der Waals surface area contributed by atoms with E-state index in [1.807, 2.05) is 0 Å². The molecular formula is C42H74NO10P. The summed E-state index contributed by atoms with van der Waals surface area (Å²) in [4.78, 5) is 45.7. The van der Waals surface area contributed by atoms with Gasteiger partial charge in [0.1, 0.15) is 12.7 Å². The Morgan fingerprint density at radius 3 is 1.56 bits per heavy atom. The van der Waals surface area contributed by atoms with E-state index in [1.165, 1.54) is 57.8 Å². The van der Waals surface area contributed by atoms with Crippen molar-refractivity contribution in [3.63, 3.8) is 0 Å². The standard InChI is InChI=1S/C42H74NO10P/c1-3-5-7-9-11-13-14-15-16-17-18-19-20-21-22-23-24-26-27-29-31-33-40(45)43-39(42(47)48)37-53-54(49,50)52-36-38(44)35-51-41(46)34-32-30-28-25-12-10-8-6-4-2/h11,13,15-16,18-19,21-22,38-39,44H,3-10,12,14,17,20,23-37H2,1-2H3,(H,43,45)(H,47,48)(H,49,50)/b13-11-,16-15-,19-18-,22-21-. The van der Waals surface area contributed by atoms with Crippen molar-refractivity contribution in [1.29, 1.82) is 0 Å². The molecule has 0 aromatic rings. The molecule has 0 heterocycles. The molecule has 0 saturated heterocycles. The first-order valence-corrected chi connectivity index (χ1v) is 22.2. The Morgan fingerprint density at radius 2 is 1.02 bits per heavy atom. The third-order valence-electron chi connectivity index (χ3n) is 8.62. The zero-order chi connectivity index (χ0) is 40.0. The summed E-state index contributed by atoms with van der Waals surface area (Å²) in [5, 5.41) is 21.7. The van der Waals surface area contributed by atoms with Gasteiger partial charge in [-0.1, -0.05) is 146 Å². The van der Waals surface area contributed by atoms with Gasteiger partial charge in [-0.25, -0.2) is 9.36 Å². The van der Waals surface area contributed by atoms with Crippen LogP contribution in [0.3, 0.4) is 0 Å². The number of phosphoric ester groups is 1. The molecule has 3 atom stereocenters. The predicted molar refractivity (Wildman–Crippen MR) is 217 cm³/mol. The number of hydrogen-bond donors (Lipinski definition) is 4. The number of carboxylic acids is 1. The van der Waals surface area contributed by atoms with Crippen molar-refractivity contribution in [2.45, 2.75) is 180 Å². The Labute approximate surface area is 326 Å². The van der Waals surface area contributed by atoms with Gasteiger partial charge in [0.2, 0.25) is 5.91 Å². The number of allylic oxidation sites excluding steroid dienone is 8. The summed E-state index contributed by atoms with van der Waals surface area (Å²) >= 11 is 0. The summed E-state index contributed by atoms with van der Waals surface area (Å²) in [5.74, 6) is -2.40. The van der Waals surface area contributed by atoms with E-state index < -0.39 is 57.6 Å². The third kappa shape index (κ3) is 36.4. The molecule has 0 saturated carbocycles. The van der Waals surface area contributed by atoms with Gasteiger partial charge in [0.15, 0.2) is 6.04 Å². The van der Waals surface area contributed by atoms with Gasteiger partial charge in [0, 0.05) is 12.8 Å². The number of phosphoric acid groups is 1. The van der Waals surface area contributed by atoms with Gasteiger partial charge < -0.3 is 25.2 Å². The lowest BCUT2D eigenvalue weighted by molar-refractivity contribution is -0.147. The van der Waals surface area contributed by atoms with Crippen molar-refractivity contribution in [3.8, 4) is 0 Å². The predicted octanol–water partition coefficient (Wildman–Crippen LogP) is 10.2. The Hall–Kier alpha value is -2.56. The number of aliphatic carboxylic acids is 1. The van der Waals surface area contributed by atoms with Crippen molar-refractivity contribution in [1.82, 2.24) is 5.32 Å². The Bertz CT molecular complexity index is 1110. The van der Waals surface area contributed by atoms with Gasteiger partial charge in [-0.3, -0.25) is 18.6 Å². The van der Waals surface area contributed by atoms with Gasteiger partial charge >= 0.3 is 19.8 Å². The normalized spacial score (nSPS) is 14.3.